The number of ether oxygens (including phenoxy) is 1. The van der Waals surface area contributed by atoms with E-state index in [2.05, 4.69) is 5.32 Å². The van der Waals surface area contributed by atoms with Crippen molar-refractivity contribution in [3.8, 4) is 5.75 Å². The monoisotopic (exact) mass is 348 g/mol. The van der Waals surface area contributed by atoms with Gasteiger partial charge in [-0.3, -0.25) is 19.7 Å². The number of halogens is 1. The lowest BCUT2D eigenvalue weighted by Gasteiger charge is -2.06. The van der Waals surface area contributed by atoms with Crippen molar-refractivity contribution < 1.29 is 19.2 Å². The van der Waals surface area contributed by atoms with E-state index in [1.807, 2.05) is 0 Å². The third kappa shape index (κ3) is 5.06. The van der Waals surface area contributed by atoms with Gasteiger partial charge < -0.3 is 10.1 Å². The molecule has 2 aromatic carbocycles. The quantitative estimate of drug-likeness (QED) is 0.374. The number of nitro groups is 1. The Kier molecular flexibility index (Phi) is 5.86. The number of rotatable bonds is 6. The van der Waals surface area contributed by atoms with Crippen molar-refractivity contribution >= 4 is 29.2 Å². The maximum Gasteiger partial charge on any atom is 0.312 e. The van der Waals surface area contributed by atoms with Gasteiger partial charge in [0.05, 0.1) is 11.3 Å². The van der Waals surface area contributed by atoms with E-state index in [0.717, 1.165) is 0 Å². The van der Waals surface area contributed by atoms with Crippen LogP contribution in [0.4, 0.5) is 5.69 Å². The molecule has 0 spiro atoms. The zero-order chi connectivity index (χ0) is 17.5. The molecule has 0 heterocycles. The van der Waals surface area contributed by atoms with Gasteiger partial charge in [-0.2, -0.15) is 0 Å². The highest BCUT2D eigenvalue weighted by atomic mass is 35.5. The second-order valence-electron chi connectivity index (χ2n) is 4.74. The molecule has 0 unspecified atom stereocenters. The Labute approximate surface area is 142 Å². The number of carbonyl (C=O) groups is 2. The summed E-state index contributed by atoms with van der Waals surface area (Å²) in [5.41, 5.74) is 0.171. The second kappa shape index (κ2) is 8.07. The number of nitrogens with zero attached hydrogens (tertiary/aromatic N) is 1. The Morgan fingerprint density at radius 2 is 1.71 bits per heavy atom. The molecule has 0 aliphatic rings. The van der Waals surface area contributed by atoms with Crippen molar-refractivity contribution in [3.63, 3.8) is 0 Å². The lowest BCUT2D eigenvalue weighted by molar-refractivity contribution is -0.384. The largest absolute Gasteiger partial charge is 0.426 e. The van der Waals surface area contributed by atoms with E-state index < -0.39 is 16.8 Å². The minimum atomic E-state index is -0.547. The highest BCUT2D eigenvalue weighted by Gasteiger charge is 2.10. The van der Waals surface area contributed by atoms with Crippen LogP contribution in [0.15, 0.2) is 48.5 Å². The Balaban J connectivity index is 1.78. The summed E-state index contributed by atoms with van der Waals surface area (Å²) in [6, 6.07) is 11.5. The summed E-state index contributed by atoms with van der Waals surface area (Å²) in [5.74, 6) is -0.559. The normalized spacial score (nSPS) is 10.0. The average molecular weight is 349 g/mol. The maximum atomic E-state index is 11.9. The van der Waals surface area contributed by atoms with Crippen LogP contribution in [-0.4, -0.2) is 23.3 Å². The molecule has 1 amide bonds. The molecule has 0 saturated carbocycles. The molecule has 0 atom stereocenters. The molecule has 24 heavy (non-hydrogen) atoms. The summed E-state index contributed by atoms with van der Waals surface area (Å²) >= 11 is 5.73. The molecule has 0 fully saturated rings. The van der Waals surface area contributed by atoms with Crippen LogP contribution in [0.2, 0.25) is 5.02 Å². The van der Waals surface area contributed by atoms with Gasteiger partial charge in [0.25, 0.3) is 11.6 Å². The average Bonchev–Trinajstić information content (AvgIpc) is 2.57. The molecular formula is C16H13ClN2O5. The van der Waals surface area contributed by atoms with Gasteiger partial charge in [-0.25, -0.2) is 0 Å². The number of nitro benzene ring substituents is 1. The molecule has 0 saturated heterocycles. The first kappa shape index (κ1) is 17.4. The highest BCUT2D eigenvalue weighted by Crippen LogP contribution is 2.16. The zero-order valence-electron chi connectivity index (χ0n) is 12.4. The predicted molar refractivity (Wildman–Crippen MR) is 87.1 cm³/mol. The molecular weight excluding hydrogens is 336 g/mol. The number of non-ortho nitro benzene ring substituents is 1. The van der Waals surface area contributed by atoms with E-state index >= 15 is 0 Å². The van der Waals surface area contributed by atoms with Gasteiger partial charge in [-0.05, 0) is 36.4 Å². The van der Waals surface area contributed by atoms with Crippen molar-refractivity contribution in [3.05, 3.63) is 69.2 Å². The zero-order valence-corrected chi connectivity index (χ0v) is 13.2. The summed E-state index contributed by atoms with van der Waals surface area (Å²) in [5, 5.41) is 13.6. The molecule has 7 nitrogen and oxygen atoms in total. The van der Waals surface area contributed by atoms with E-state index in [1.165, 1.54) is 24.3 Å². The van der Waals surface area contributed by atoms with Crippen LogP contribution in [0.5, 0.6) is 5.75 Å². The molecule has 0 aliphatic heterocycles. The Bertz CT molecular complexity index is 744. The van der Waals surface area contributed by atoms with Gasteiger partial charge in [0.15, 0.2) is 0 Å². The smallest absolute Gasteiger partial charge is 0.312 e. The molecule has 0 aliphatic carbocycles. The van der Waals surface area contributed by atoms with E-state index in [0.29, 0.717) is 10.8 Å². The number of hydrogen-bond acceptors (Lipinski definition) is 5. The van der Waals surface area contributed by atoms with Crippen LogP contribution in [0.3, 0.4) is 0 Å². The van der Waals surface area contributed by atoms with Gasteiger partial charge in [0.1, 0.15) is 5.75 Å². The number of hydrogen-bond donors (Lipinski definition) is 1. The summed E-state index contributed by atoms with van der Waals surface area (Å²) < 4.78 is 5.08. The highest BCUT2D eigenvalue weighted by molar-refractivity contribution is 6.30. The molecule has 8 heteroatoms. The molecule has 0 bridgehead atoms. The van der Waals surface area contributed by atoms with Gasteiger partial charge >= 0.3 is 5.97 Å². The first-order valence-corrected chi connectivity index (χ1v) is 7.32. The fraction of sp³-hybridized carbons (Fsp3) is 0.125. The van der Waals surface area contributed by atoms with Gasteiger partial charge in [0.2, 0.25) is 0 Å². The summed E-state index contributed by atoms with van der Waals surface area (Å²) in [6.45, 7) is 0.0856. The van der Waals surface area contributed by atoms with Crippen LogP contribution < -0.4 is 10.1 Å². The predicted octanol–water partition coefficient (Wildman–Crippen LogP) is 2.97. The third-order valence-electron chi connectivity index (χ3n) is 3.00. The van der Waals surface area contributed by atoms with Crippen molar-refractivity contribution in [2.24, 2.45) is 0 Å². The van der Waals surface area contributed by atoms with Gasteiger partial charge in [-0.15, -0.1) is 0 Å². The SMILES string of the molecule is O=C(CCNC(=O)c1ccc([N+](=O)[O-])cc1)Oc1ccc(Cl)cc1. The number of benzene rings is 2. The van der Waals surface area contributed by atoms with Crippen LogP contribution in [0, 0.1) is 10.1 Å². The van der Waals surface area contributed by atoms with E-state index in [4.69, 9.17) is 16.3 Å². The van der Waals surface area contributed by atoms with Crippen LogP contribution in [-0.2, 0) is 4.79 Å². The third-order valence-corrected chi connectivity index (χ3v) is 3.25. The first-order valence-electron chi connectivity index (χ1n) is 6.94. The minimum Gasteiger partial charge on any atom is -0.426 e. The fourth-order valence-electron chi connectivity index (χ4n) is 1.80. The van der Waals surface area contributed by atoms with Gasteiger partial charge in [-0.1, -0.05) is 11.6 Å². The molecule has 0 radical (unpaired) electrons. The number of amides is 1. The standard InChI is InChI=1S/C16H13ClN2O5/c17-12-3-7-14(8-4-12)24-15(20)9-10-18-16(21)11-1-5-13(6-2-11)19(22)23/h1-8H,9-10H2,(H,18,21). The molecule has 124 valence electrons. The molecule has 2 rings (SSSR count). The summed E-state index contributed by atoms with van der Waals surface area (Å²) in [7, 11) is 0. The summed E-state index contributed by atoms with van der Waals surface area (Å²) in [6.07, 6.45) is -0.0126. The second-order valence-corrected chi connectivity index (χ2v) is 5.17. The van der Waals surface area contributed by atoms with Crippen molar-refractivity contribution in [2.45, 2.75) is 6.42 Å². The summed E-state index contributed by atoms with van der Waals surface area (Å²) in [4.78, 5) is 33.5. The first-order chi connectivity index (χ1) is 11.5. The van der Waals surface area contributed by atoms with E-state index in [-0.39, 0.29) is 24.2 Å². The lowest BCUT2D eigenvalue weighted by atomic mass is 10.2. The molecule has 2 aromatic rings. The van der Waals surface area contributed by atoms with Crippen molar-refractivity contribution in [1.82, 2.24) is 5.32 Å². The van der Waals surface area contributed by atoms with Gasteiger partial charge in [0, 0.05) is 29.3 Å². The van der Waals surface area contributed by atoms with Crippen molar-refractivity contribution in [2.75, 3.05) is 6.54 Å². The number of carbonyl (C=O) groups excluding carboxylic acids is 2. The lowest BCUT2D eigenvalue weighted by Crippen LogP contribution is -2.27. The Morgan fingerprint density at radius 3 is 2.29 bits per heavy atom. The Morgan fingerprint density at radius 1 is 1.08 bits per heavy atom. The number of esters is 1. The van der Waals surface area contributed by atoms with Crippen LogP contribution >= 0.6 is 11.6 Å². The molecule has 1 N–H and O–H groups in total. The number of nitrogens with one attached hydrogen (secondary N) is 1. The molecule has 0 aromatic heterocycles. The van der Waals surface area contributed by atoms with E-state index in [9.17, 15) is 19.7 Å². The van der Waals surface area contributed by atoms with Crippen LogP contribution in [0.1, 0.15) is 16.8 Å². The minimum absolute atomic E-state index is 0.0126. The fourth-order valence-corrected chi connectivity index (χ4v) is 1.93. The maximum absolute atomic E-state index is 11.9. The van der Waals surface area contributed by atoms with Crippen LogP contribution in [0.25, 0.3) is 0 Å². The Hall–Kier alpha value is -2.93. The van der Waals surface area contributed by atoms with E-state index in [1.54, 1.807) is 24.3 Å². The van der Waals surface area contributed by atoms with Crippen molar-refractivity contribution in [1.29, 1.82) is 0 Å². The topological polar surface area (TPSA) is 98.5 Å².